The molecular weight excluding hydrogens is 874 g/mol. The zero-order valence-electron chi connectivity index (χ0n) is 42.8. The quantitative estimate of drug-likeness (QED) is 0.0121. The molecule has 0 spiro atoms. The maximum atomic E-state index is 9.55. The summed E-state index contributed by atoms with van der Waals surface area (Å²) in [7, 11) is 2.13. The second kappa shape index (κ2) is 39.8. The fraction of sp³-hybridized carbons (Fsp3) is 0.377. The van der Waals surface area contributed by atoms with Crippen LogP contribution in [-0.4, -0.2) is 57.4 Å². The molecule has 0 saturated carbocycles. The monoisotopic (exact) mass is 958 g/mol. The van der Waals surface area contributed by atoms with Crippen LogP contribution in [0.3, 0.4) is 0 Å². The Labute approximate surface area is 420 Å². The van der Waals surface area contributed by atoms with Gasteiger partial charge < -0.3 is 24.8 Å². The van der Waals surface area contributed by atoms with Gasteiger partial charge >= 0.3 is 0 Å². The normalized spacial score (nSPS) is 11.6. The number of rotatable bonds is 24. The molecule has 0 aliphatic rings. The first-order valence-corrected chi connectivity index (χ1v) is 24.9. The summed E-state index contributed by atoms with van der Waals surface area (Å²) in [6, 6.07) is 52.2. The minimum absolute atomic E-state index is 0.150. The van der Waals surface area contributed by atoms with Crippen LogP contribution in [0.25, 0.3) is 0 Å². The van der Waals surface area contributed by atoms with Crippen LogP contribution in [-0.2, 0) is 34.8 Å². The smallest absolute Gasteiger partial charge is 0.143 e. The Morgan fingerprint density at radius 3 is 1.48 bits per heavy atom. The number of aliphatic hydroxyl groups excluding tert-OH is 1. The number of aliphatic hydroxyl groups is 1. The van der Waals surface area contributed by atoms with Crippen molar-refractivity contribution in [1.29, 1.82) is 0 Å². The van der Waals surface area contributed by atoms with Gasteiger partial charge in [-0.3, -0.25) is 0 Å². The minimum Gasteiger partial charge on any atom is -0.391 e. The number of hydrogen-bond donors (Lipinski definition) is 2. The van der Waals surface area contributed by atoms with Crippen LogP contribution in [0.15, 0.2) is 188 Å². The molecule has 3 N–H and O–H groups in total. The van der Waals surface area contributed by atoms with Gasteiger partial charge in [0.1, 0.15) is 18.8 Å². The van der Waals surface area contributed by atoms with Crippen molar-refractivity contribution >= 4 is 9.47 Å². The van der Waals surface area contributed by atoms with Crippen molar-refractivity contribution in [2.24, 2.45) is 11.7 Å². The van der Waals surface area contributed by atoms with E-state index < -0.39 is 11.7 Å². The summed E-state index contributed by atoms with van der Waals surface area (Å²) >= 11 is 0. The van der Waals surface area contributed by atoms with E-state index in [0.29, 0.717) is 26.1 Å². The van der Waals surface area contributed by atoms with Crippen LogP contribution in [0.2, 0.25) is 0 Å². The number of benzene rings is 5. The molecule has 7 nitrogen and oxygen atoms in total. The molecular formula is C61H84NO6P. The first kappa shape index (κ1) is 62.0. The minimum atomic E-state index is -0.768. The molecule has 0 radical (unpaired) electrons. The predicted octanol–water partition coefficient (Wildman–Crippen LogP) is 14.0. The van der Waals surface area contributed by atoms with E-state index in [1.807, 2.05) is 74.5 Å². The molecule has 0 saturated heterocycles. The molecule has 0 fully saturated rings. The highest BCUT2D eigenvalue weighted by Gasteiger charge is 2.38. The first-order valence-electron chi connectivity index (χ1n) is 24.5. The third-order valence-corrected chi connectivity index (χ3v) is 10.3. The number of terminal acetylenes is 1. The summed E-state index contributed by atoms with van der Waals surface area (Å²) in [4.78, 5) is 10.3. The van der Waals surface area contributed by atoms with Crippen LogP contribution >= 0.6 is 9.47 Å². The number of allylic oxidation sites excluding steroid dienone is 5. The van der Waals surface area contributed by atoms with Gasteiger partial charge in [0.15, 0.2) is 0 Å². The lowest BCUT2D eigenvalue weighted by atomic mass is 9.66. The van der Waals surface area contributed by atoms with Crippen molar-refractivity contribution in [2.45, 2.75) is 97.7 Å². The van der Waals surface area contributed by atoms with Crippen LogP contribution in [0.5, 0.6) is 0 Å². The van der Waals surface area contributed by atoms with Crippen molar-refractivity contribution in [3.8, 4) is 12.3 Å². The van der Waals surface area contributed by atoms with Gasteiger partial charge in [0.2, 0.25) is 0 Å². The molecule has 8 heteroatoms. The Bertz CT molecular complexity index is 1920. The molecule has 5 aromatic rings. The lowest BCUT2D eigenvalue weighted by Gasteiger charge is -2.37. The standard InChI is InChI=1S/C26H32O.C25H28O4.C4H7OP.C4H10.C2H7N/c1-4-14-23(15-5-2)26(20-13-22-27-21-6-3,24-16-9-7-10-17-24)25-18-11-8-12-19-25;1-2-24(26)20-29-28-19-18-27-25(21-12-6-3-7-13-21,22-14-8-4-9-15-22)23-16-10-5-11-17-23;1-2-3-4-5-6;1-4(2)3;1-2-3/h4-5,7-12,14-19H,1,6,13,20-22H2,2-3H3;3-17,24,26H,2,18-20H2,1H3;1H,3-4,6H2;4H,1-3H3;2-3H2,1H3/b15-5-,23-14+;;;;. The van der Waals surface area contributed by atoms with E-state index in [1.165, 1.54) is 16.7 Å². The summed E-state index contributed by atoms with van der Waals surface area (Å²) in [6.07, 6.45) is 17.1. The fourth-order valence-corrected chi connectivity index (χ4v) is 7.25. The third-order valence-electron chi connectivity index (χ3n) is 10.1. The lowest BCUT2D eigenvalue weighted by Crippen LogP contribution is -2.34. The van der Waals surface area contributed by atoms with E-state index in [-0.39, 0.29) is 18.6 Å². The Balaban J connectivity index is 0.000000551. The Hall–Kier alpha value is -4.97. The Kier molecular flexibility index (Phi) is 35.8. The van der Waals surface area contributed by atoms with Crippen molar-refractivity contribution in [3.05, 3.63) is 216 Å². The molecule has 0 bridgehead atoms. The zero-order valence-corrected chi connectivity index (χ0v) is 44.0. The molecule has 0 aliphatic heterocycles. The molecule has 0 aromatic heterocycles. The summed E-state index contributed by atoms with van der Waals surface area (Å²) in [5, 5.41) is 9.55. The van der Waals surface area contributed by atoms with E-state index in [4.69, 9.17) is 31.4 Å². The molecule has 374 valence electrons. The number of nitrogens with two attached hydrogens (primary N) is 1. The molecule has 2 atom stereocenters. The van der Waals surface area contributed by atoms with E-state index in [9.17, 15) is 5.11 Å². The second-order valence-electron chi connectivity index (χ2n) is 16.5. The summed E-state index contributed by atoms with van der Waals surface area (Å²) in [6.45, 7) is 22.2. The Morgan fingerprint density at radius 1 is 0.696 bits per heavy atom. The molecule has 0 amide bonds. The third kappa shape index (κ3) is 23.5. The van der Waals surface area contributed by atoms with Crippen molar-refractivity contribution in [1.82, 2.24) is 0 Å². The van der Waals surface area contributed by atoms with E-state index in [1.54, 1.807) is 0 Å². The van der Waals surface area contributed by atoms with Gasteiger partial charge in [0.25, 0.3) is 0 Å². The van der Waals surface area contributed by atoms with Crippen molar-refractivity contribution in [3.63, 3.8) is 0 Å². The average Bonchev–Trinajstić information content (AvgIpc) is 3.38. The van der Waals surface area contributed by atoms with Crippen LogP contribution in [0.4, 0.5) is 0 Å². The molecule has 2 unspecified atom stereocenters. The highest BCUT2D eigenvalue weighted by Crippen LogP contribution is 2.44. The van der Waals surface area contributed by atoms with Crippen LogP contribution in [0, 0.1) is 18.3 Å². The highest BCUT2D eigenvalue weighted by molar-refractivity contribution is 7.09. The molecule has 5 rings (SSSR count). The topological polar surface area (TPSA) is 92.4 Å². The second-order valence-corrected chi connectivity index (χ2v) is 16.8. The van der Waals surface area contributed by atoms with E-state index in [2.05, 4.69) is 176 Å². The van der Waals surface area contributed by atoms with Gasteiger partial charge in [0.05, 0.1) is 19.3 Å². The number of ether oxygens (including phenoxy) is 2. The SMILES string of the molecule is C#CCCOP.C=C/C=C(\C=C/C)C(CCCOCCC)(c1ccccc1)c1ccccc1.CC(C)C.CCC(O)COOCCOC(c1ccccc1)(c1ccccc1)c1ccccc1.CCN. The summed E-state index contributed by atoms with van der Waals surface area (Å²) < 4.78 is 16.9. The average molecular weight is 958 g/mol. The summed E-state index contributed by atoms with van der Waals surface area (Å²) in [5.74, 6) is 3.26. The number of hydrogen-bond acceptors (Lipinski definition) is 7. The molecule has 0 aliphatic carbocycles. The predicted molar refractivity (Wildman–Crippen MR) is 295 cm³/mol. The zero-order chi connectivity index (χ0) is 50.9. The fourth-order valence-electron chi connectivity index (χ4n) is 7.13. The highest BCUT2D eigenvalue weighted by atomic mass is 31.0. The van der Waals surface area contributed by atoms with Gasteiger partial charge in [-0.05, 0) is 78.5 Å². The van der Waals surface area contributed by atoms with Gasteiger partial charge in [-0.15, -0.1) is 12.3 Å². The van der Waals surface area contributed by atoms with Gasteiger partial charge in [0, 0.05) is 34.5 Å². The maximum absolute atomic E-state index is 9.55. The molecule has 69 heavy (non-hydrogen) atoms. The first-order chi connectivity index (χ1) is 33.6. The van der Waals surface area contributed by atoms with Gasteiger partial charge in [-0.1, -0.05) is 224 Å². The molecule has 5 aromatic carbocycles. The van der Waals surface area contributed by atoms with Gasteiger partial charge in [-0.25, -0.2) is 9.78 Å². The maximum Gasteiger partial charge on any atom is 0.143 e. The van der Waals surface area contributed by atoms with Crippen molar-refractivity contribution < 1.29 is 28.9 Å². The Morgan fingerprint density at radius 2 is 1.13 bits per heavy atom. The largest absolute Gasteiger partial charge is 0.391 e. The van der Waals surface area contributed by atoms with E-state index in [0.717, 1.165) is 61.6 Å². The molecule has 0 heterocycles. The van der Waals surface area contributed by atoms with Gasteiger partial charge in [-0.2, -0.15) is 0 Å². The van der Waals surface area contributed by atoms with E-state index >= 15 is 0 Å². The van der Waals surface area contributed by atoms with Crippen molar-refractivity contribution in [2.75, 3.05) is 46.2 Å². The lowest BCUT2D eigenvalue weighted by molar-refractivity contribution is -0.311. The van der Waals surface area contributed by atoms with Crippen LogP contribution in [0.1, 0.15) is 108 Å². The summed E-state index contributed by atoms with van der Waals surface area (Å²) in [5.41, 5.74) is 10.8. The van der Waals surface area contributed by atoms with Crippen LogP contribution < -0.4 is 5.73 Å².